The van der Waals surface area contributed by atoms with E-state index in [2.05, 4.69) is 0 Å². The second-order valence-corrected chi connectivity index (χ2v) is 2.97. The maximum atomic E-state index is 11.3. The van der Waals surface area contributed by atoms with Gasteiger partial charge in [-0.15, -0.1) is 11.6 Å². The summed E-state index contributed by atoms with van der Waals surface area (Å²) in [6, 6.07) is 3.10. The van der Waals surface area contributed by atoms with E-state index in [0.29, 0.717) is 11.3 Å². The molecule has 0 amide bonds. The number of carbonyl (C=O) groups is 1. The van der Waals surface area contributed by atoms with Crippen LogP contribution in [0.1, 0.15) is 10.4 Å². The third-order valence-corrected chi connectivity index (χ3v) is 2.10. The van der Waals surface area contributed by atoms with Crippen LogP contribution in [0.5, 0.6) is 5.75 Å². The molecule has 1 rings (SSSR count). The van der Waals surface area contributed by atoms with Crippen LogP contribution < -0.4 is 16.2 Å². The van der Waals surface area contributed by atoms with Crippen molar-refractivity contribution < 1.29 is 9.53 Å². The van der Waals surface area contributed by atoms with Gasteiger partial charge in [0, 0.05) is 0 Å². The molecule has 4 nitrogen and oxygen atoms in total. The number of ether oxygens (including phenoxy) is 1. The van der Waals surface area contributed by atoms with Gasteiger partial charge in [0.2, 0.25) is 0 Å². The smallest absolute Gasteiger partial charge is 0.181 e. The van der Waals surface area contributed by atoms with E-state index in [1.54, 1.807) is 12.1 Å². The molecule has 0 aliphatic rings. The van der Waals surface area contributed by atoms with Gasteiger partial charge in [-0.3, -0.25) is 4.79 Å². The molecule has 0 saturated heterocycles. The van der Waals surface area contributed by atoms with E-state index in [0.717, 1.165) is 0 Å². The van der Waals surface area contributed by atoms with Crippen molar-refractivity contribution in [3.8, 4) is 5.75 Å². The van der Waals surface area contributed by atoms with Crippen molar-refractivity contribution in [3.05, 3.63) is 17.7 Å². The molecular formula is C9H11ClN2O2. The molecule has 0 aromatic heterocycles. The number of hydrogen-bond donors (Lipinski definition) is 2. The zero-order valence-electron chi connectivity index (χ0n) is 7.71. The van der Waals surface area contributed by atoms with E-state index in [-0.39, 0.29) is 23.1 Å². The maximum Gasteiger partial charge on any atom is 0.181 e. The van der Waals surface area contributed by atoms with Crippen molar-refractivity contribution >= 4 is 28.8 Å². The monoisotopic (exact) mass is 214 g/mol. The summed E-state index contributed by atoms with van der Waals surface area (Å²) in [4.78, 5) is 11.3. The van der Waals surface area contributed by atoms with Crippen LogP contribution in [-0.4, -0.2) is 18.8 Å². The molecule has 0 heterocycles. The molecule has 4 N–H and O–H groups in total. The highest BCUT2D eigenvalue weighted by Crippen LogP contribution is 2.31. The second-order valence-electron chi connectivity index (χ2n) is 2.71. The Kier molecular flexibility index (Phi) is 3.19. The summed E-state index contributed by atoms with van der Waals surface area (Å²) in [5.41, 5.74) is 12.2. The fourth-order valence-corrected chi connectivity index (χ4v) is 1.27. The quantitative estimate of drug-likeness (QED) is 0.451. The number of nitrogens with two attached hydrogens (primary N) is 2. The molecule has 5 heteroatoms. The number of methoxy groups -OCH3 is 1. The Morgan fingerprint density at radius 1 is 1.50 bits per heavy atom. The minimum atomic E-state index is -0.241. The predicted molar refractivity (Wildman–Crippen MR) is 56.9 cm³/mol. The third kappa shape index (κ3) is 1.75. The number of hydrogen-bond acceptors (Lipinski definition) is 4. The molecule has 0 aliphatic heterocycles. The van der Waals surface area contributed by atoms with Gasteiger partial charge in [0.05, 0.1) is 29.9 Å². The number of carbonyl (C=O) groups excluding carboxylic acids is 1. The van der Waals surface area contributed by atoms with Crippen LogP contribution in [0.3, 0.4) is 0 Å². The molecule has 1 aromatic carbocycles. The first-order chi connectivity index (χ1) is 6.61. The normalized spacial score (nSPS) is 9.86. The summed E-state index contributed by atoms with van der Waals surface area (Å²) in [6.07, 6.45) is 0. The van der Waals surface area contributed by atoms with Crippen LogP contribution in [0.25, 0.3) is 0 Å². The van der Waals surface area contributed by atoms with Crippen LogP contribution in [0.15, 0.2) is 12.1 Å². The van der Waals surface area contributed by atoms with Crippen molar-refractivity contribution in [2.24, 2.45) is 0 Å². The second kappa shape index (κ2) is 4.19. The summed E-state index contributed by atoms with van der Waals surface area (Å²) < 4.78 is 5.00. The Hall–Kier alpha value is -1.42. The van der Waals surface area contributed by atoms with Gasteiger partial charge < -0.3 is 16.2 Å². The highest BCUT2D eigenvalue weighted by Gasteiger charge is 2.15. The van der Waals surface area contributed by atoms with Crippen LogP contribution in [0.2, 0.25) is 0 Å². The molecule has 0 aliphatic carbocycles. The predicted octanol–water partition coefficient (Wildman–Crippen LogP) is 1.28. The van der Waals surface area contributed by atoms with Crippen LogP contribution in [-0.2, 0) is 0 Å². The van der Waals surface area contributed by atoms with Gasteiger partial charge in [-0.25, -0.2) is 0 Å². The van der Waals surface area contributed by atoms with Crippen LogP contribution >= 0.6 is 11.6 Å². The molecule has 0 bridgehead atoms. The fraction of sp³-hybridized carbons (Fsp3) is 0.222. The lowest BCUT2D eigenvalue weighted by atomic mass is 10.1. The average molecular weight is 215 g/mol. The molecule has 1 aromatic rings. The Labute approximate surface area is 86.8 Å². The summed E-state index contributed by atoms with van der Waals surface area (Å²) in [6.45, 7) is 0. The Morgan fingerprint density at radius 2 is 2.14 bits per heavy atom. The number of halogens is 1. The van der Waals surface area contributed by atoms with Gasteiger partial charge in [0.15, 0.2) is 11.5 Å². The lowest BCUT2D eigenvalue weighted by Crippen LogP contribution is -2.07. The van der Waals surface area contributed by atoms with Gasteiger partial charge >= 0.3 is 0 Å². The molecule has 0 radical (unpaired) electrons. The molecule has 0 fully saturated rings. The topological polar surface area (TPSA) is 78.3 Å². The summed E-state index contributed by atoms with van der Waals surface area (Å²) in [5, 5.41) is 0. The molecule has 76 valence electrons. The molecule has 0 saturated carbocycles. The minimum Gasteiger partial charge on any atom is -0.494 e. The van der Waals surface area contributed by atoms with Gasteiger partial charge in [0.1, 0.15) is 0 Å². The first kappa shape index (κ1) is 10.7. The average Bonchev–Trinajstić information content (AvgIpc) is 2.20. The highest BCUT2D eigenvalue weighted by atomic mass is 35.5. The Bertz CT molecular complexity index is 366. The van der Waals surface area contributed by atoms with Crippen molar-refractivity contribution in [1.82, 2.24) is 0 Å². The van der Waals surface area contributed by atoms with Gasteiger partial charge in [-0.05, 0) is 12.1 Å². The van der Waals surface area contributed by atoms with E-state index >= 15 is 0 Å². The molecule has 0 atom stereocenters. The van der Waals surface area contributed by atoms with Crippen molar-refractivity contribution in [1.29, 1.82) is 0 Å². The lowest BCUT2D eigenvalue weighted by Gasteiger charge is -2.10. The SMILES string of the molecule is COc1c(C(=O)CCl)ccc(N)c1N. The molecular weight excluding hydrogens is 204 g/mol. The van der Waals surface area contributed by atoms with E-state index in [1.807, 2.05) is 0 Å². The van der Waals surface area contributed by atoms with E-state index in [9.17, 15) is 4.79 Å². The number of nitrogen functional groups attached to an aromatic ring is 2. The maximum absolute atomic E-state index is 11.3. The Morgan fingerprint density at radius 3 is 2.64 bits per heavy atom. The summed E-state index contributed by atoms with van der Waals surface area (Å²) in [7, 11) is 1.43. The summed E-state index contributed by atoms with van der Waals surface area (Å²) in [5.74, 6) is -0.0643. The van der Waals surface area contributed by atoms with E-state index < -0.39 is 0 Å². The standard InChI is InChI=1S/C9H11ClN2O2/c1-14-9-5(7(13)4-10)2-3-6(11)8(9)12/h2-3H,4,11-12H2,1H3. The number of rotatable bonds is 3. The number of alkyl halides is 1. The van der Waals surface area contributed by atoms with Crippen LogP contribution in [0.4, 0.5) is 11.4 Å². The lowest BCUT2D eigenvalue weighted by molar-refractivity contribution is 0.101. The van der Waals surface area contributed by atoms with Crippen LogP contribution in [0, 0.1) is 0 Å². The van der Waals surface area contributed by atoms with E-state index in [1.165, 1.54) is 7.11 Å². The molecule has 14 heavy (non-hydrogen) atoms. The zero-order chi connectivity index (χ0) is 10.7. The highest BCUT2D eigenvalue weighted by molar-refractivity contribution is 6.31. The van der Waals surface area contributed by atoms with Crippen molar-refractivity contribution in [2.75, 3.05) is 24.5 Å². The van der Waals surface area contributed by atoms with Crippen molar-refractivity contribution in [2.45, 2.75) is 0 Å². The number of ketones is 1. The van der Waals surface area contributed by atoms with Gasteiger partial charge in [-0.2, -0.15) is 0 Å². The van der Waals surface area contributed by atoms with Crippen molar-refractivity contribution in [3.63, 3.8) is 0 Å². The third-order valence-electron chi connectivity index (χ3n) is 1.86. The number of Topliss-reactive ketones (excluding diaryl/α,β-unsaturated/α-hetero) is 1. The first-order valence-corrected chi connectivity index (χ1v) is 4.46. The first-order valence-electron chi connectivity index (χ1n) is 3.93. The minimum absolute atomic E-state index is 0.111. The molecule has 0 spiro atoms. The van der Waals surface area contributed by atoms with E-state index in [4.69, 9.17) is 27.8 Å². The Balaban J connectivity index is 3.31. The number of benzene rings is 1. The zero-order valence-corrected chi connectivity index (χ0v) is 8.47. The van der Waals surface area contributed by atoms with Gasteiger partial charge in [-0.1, -0.05) is 0 Å². The fourth-order valence-electron chi connectivity index (χ4n) is 1.13. The molecule has 0 unspecified atom stereocenters. The number of anilines is 2. The summed E-state index contributed by atoms with van der Waals surface area (Å²) >= 11 is 5.43. The van der Waals surface area contributed by atoms with Gasteiger partial charge in [0.25, 0.3) is 0 Å². The largest absolute Gasteiger partial charge is 0.494 e.